The van der Waals surface area contributed by atoms with Crippen molar-refractivity contribution >= 4 is 6.29 Å². The summed E-state index contributed by atoms with van der Waals surface area (Å²) in [5.41, 5.74) is 0. The van der Waals surface area contributed by atoms with Crippen molar-refractivity contribution in [2.75, 3.05) is 13.6 Å². The van der Waals surface area contributed by atoms with Crippen LogP contribution in [-0.4, -0.2) is 42.0 Å². The fourth-order valence-electron chi connectivity index (χ4n) is 1.75. The largest absolute Gasteiger partial charge is 0.301 e. The molecule has 0 rings (SSSR count). The summed E-state index contributed by atoms with van der Waals surface area (Å²) in [6.45, 7) is 11.1. The Morgan fingerprint density at radius 2 is 2.00 bits per heavy atom. The molecule has 2 atom stereocenters. The fourth-order valence-corrected chi connectivity index (χ4v) is 1.75. The summed E-state index contributed by atoms with van der Waals surface area (Å²) >= 11 is 0. The Bertz CT molecular complexity index is 251. The van der Waals surface area contributed by atoms with Gasteiger partial charge in [-0.25, -0.2) is 10.0 Å². The Morgan fingerprint density at radius 3 is 2.41 bits per heavy atom. The van der Waals surface area contributed by atoms with Crippen LogP contribution in [0.2, 0.25) is 0 Å². The molecule has 17 heavy (non-hydrogen) atoms. The molecule has 0 fully saturated rings. The van der Waals surface area contributed by atoms with Crippen molar-refractivity contribution in [3.8, 4) is 0 Å². The fraction of sp³-hybridized carbons (Fsp3) is 0.643. The van der Waals surface area contributed by atoms with E-state index in [4.69, 9.17) is 0 Å². The van der Waals surface area contributed by atoms with Gasteiger partial charge in [-0.3, -0.25) is 0 Å². The van der Waals surface area contributed by atoms with Crippen LogP contribution in [-0.2, 0) is 4.79 Å². The molecule has 0 aliphatic heterocycles. The van der Waals surface area contributed by atoms with Gasteiger partial charge < -0.3 is 4.79 Å². The number of hydrogen-bond donors (Lipinski definition) is 0. The maximum atomic E-state index is 11.1. The minimum atomic E-state index is -0.214. The van der Waals surface area contributed by atoms with Gasteiger partial charge in [-0.05, 0) is 19.8 Å². The van der Waals surface area contributed by atoms with E-state index >= 15 is 0 Å². The molecule has 0 radical (unpaired) electrons. The van der Waals surface area contributed by atoms with Crippen molar-refractivity contribution < 1.29 is 4.79 Å². The lowest BCUT2D eigenvalue weighted by Gasteiger charge is -2.38. The smallest absolute Gasteiger partial charge is 0.142 e. The van der Waals surface area contributed by atoms with Crippen LogP contribution in [0, 0.1) is 0 Å². The topological polar surface area (TPSA) is 23.6 Å². The van der Waals surface area contributed by atoms with E-state index in [1.807, 2.05) is 24.2 Å². The third-order valence-corrected chi connectivity index (χ3v) is 2.97. The molecule has 0 heterocycles. The van der Waals surface area contributed by atoms with Crippen molar-refractivity contribution in [3.63, 3.8) is 0 Å². The Morgan fingerprint density at radius 1 is 1.35 bits per heavy atom. The molecule has 0 spiro atoms. The molecular formula is C14H26N2O. The highest BCUT2D eigenvalue weighted by Gasteiger charge is 2.21. The lowest BCUT2D eigenvalue weighted by molar-refractivity contribution is -0.119. The summed E-state index contributed by atoms with van der Waals surface area (Å²) in [6, 6.07) is 0.230. The number of hydrogen-bond acceptors (Lipinski definition) is 3. The maximum Gasteiger partial charge on any atom is 0.142 e. The van der Waals surface area contributed by atoms with E-state index < -0.39 is 0 Å². The second kappa shape index (κ2) is 9.14. The van der Waals surface area contributed by atoms with Gasteiger partial charge in [-0.15, -0.1) is 0 Å². The van der Waals surface area contributed by atoms with E-state index in [1.54, 1.807) is 6.08 Å². The number of nitrogens with zero attached hydrogens (tertiary/aromatic N) is 2. The zero-order chi connectivity index (χ0) is 13.3. The van der Waals surface area contributed by atoms with Crippen LogP contribution in [0.4, 0.5) is 0 Å². The Kier molecular flexibility index (Phi) is 8.64. The summed E-state index contributed by atoms with van der Waals surface area (Å²) < 4.78 is 0. The first kappa shape index (κ1) is 16.1. The third-order valence-electron chi connectivity index (χ3n) is 2.97. The third kappa shape index (κ3) is 5.29. The second-order valence-corrected chi connectivity index (χ2v) is 4.24. The Balaban J connectivity index is 4.76. The quantitative estimate of drug-likeness (QED) is 0.350. The monoisotopic (exact) mass is 238 g/mol. The van der Waals surface area contributed by atoms with Gasteiger partial charge in [0, 0.05) is 19.6 Å². The van der Waals surface area contributed by atoms with Gasteiger partial charge in [-0.2, -0.15) is 0 Å². The summed E-state index contributed by atoms with van der Waals surface area (Å²) in [6.07, 6.45) is 8.48. The van der Waals surface area contributed by atoms with E-state index in [0.29, 0.717) is 6.04 Å². The van der Waals surface area contributed by atoms with Gasteiger partial charge in [-0.1, -0.05) is 38.7 Å². The highest BCUT2D eigenvalue weighted by molar-refractivity contribution is 5.60. The zero-order valence-electron chi connectivity index (χ0n) is 11.6. The molecule has 0 aliphatic rings. The van der Waals surface area contributed by atoms with E-state index in [0.717, 1.165) is 25.7 Å². The lowest BCUT2D eigenvalue weighted by Crippen LogP contribution is -2.50. The van der Waals surface area contributed by atoms with Crippen LogP contribution >= 0.6 is 0 Å². The van der Waals surface area contributed by atoms with Crippen LogP contribution in [0.25, 0.3) is 0 Å². The van der Waals surface area contributed by atoms with Crippen molar-refractivity contribution in [1.29, 1.82) is 0 Å². The molecule has 98 valence electrons. The maximum absolute atomic E-state index is 11.1. The highest BCUT2D eigenvalue weighted by Crippen LogP contribution is 2.10. The van der Waals surface area contributed by atoms with Gasteiger partial charge >= 0.3 is 0 Å². The minimum absolute atomic E-state index is 0.214. The predicted molar refractivity (Wildman–Crippen MR) is 73.7 cm³/mol. The number of carbonyl (C=O) groups excluding carboxylic acids is 1. The molecule has 0 saturated heterocycles. The van der Waals surface area contributed by atoms with Crippen LogP contribution in [0.1, 0.15) is 33.6 Å². The summed E-state index contributed by atoms with van der Waals surface area (Å²) in [7, 11) is 1.97. The van der Waals surface area contributed by atoms with E-state index in [-0.39, 0.29) is 6.04 Å². The SMILES string of the molecule is C=C/C=C\C(C=O)N(C)N(CCC)C(C)CC. The number of rotatable bonds is 9. The first-order valence-corrected chi connectivity index (χ1v) is 6.36. The molecule has 0 aliphatic carbocycles. The standard InChI is InChI=1S/C14H26N2O/c1-6-9-10-14(12-17)15(5)16(11-7-2)13(4)8-3/h6,9-10,12-14H,1,7-8,11H2,2-5H3/b10-9-. The number of aldehydes is 1. The van der Waals surface area contributed by atoms with Crippen molar-refractivity contribution in [1.82, 2.24) is 10.0 Å². The summed E-state index contributed by atoms with van der Waals surface area (Å²) in [5, 5.41) is 4.27. The normalized spacial score (nSPS) is 15.4. The summed E-state index contributed by atoms with van der Waals surface area (Å²) in [5.74, 6) is 0. The zero-order valence-corrected chi connectivity index (χ0v) is 11.6. The molecule has 0 N–H and O–H groups in total. The lowest BCUT2D eigenvalue weighted by atomic mass is 10.2. The molecule has 3 nitrogen and oxygen atoms in total. The highest BCUT2D eigenvalue weighted by atomic mass is 16.1. The number of allylic oxidation sites excluding steroid dienone is 2. The first-order chi connectivity index (χ1) is 8.12. The molecular weight excluding hydrogens is 212 g/mol. The number of hydrazine groups is 1. The van der Waals surface area contributed by atoms with Gasteiger partial charge in [0.25, 0.3) is 0 Å². The predicted octanol–water partition coefficient (Wildman–Crippen LogP) is 2.65. The molecule has 0 aromatic carbocycles. The number of carbonyl (C=O) groups is 1. The van der Waals surface area contributed by atoms with Gasteiger partial charge in [0.1, 0.15) is 6.29 Å². The number of likely N-dealkylation sites (N-methyl/N-ethyl adjacent to an activating group) is 1. The minimum Gasteiger partial charge on any atom is -0.301 e. The molecule has 0 aromatic heterocycles. The second-order valence-electron chi connectivity index (χ2n) is 4.24. The van der Waals surface area contributed by atoms with Crippen LogP contribution in [0.5, 0.6) is 0 Å². The molecule has 0 aromatic rings. The molecule has 0 amide bonds. The molecule has 0 saturated carbocycles. The average Bonchev–Trinajstić information content (AvgIpc) is 2.35. The van der Waals surface area contributed by atoms with E-state index in [1.165, 1.54) is 0 Å². The molecule has 0 bridgehead atoms. The molecule has 2 unspecified atom stereocenters. The van der Waals surface area contributed by atoms with E-state index in [2.05, 4.69) is 32.4 Å². The van der Waals surface area contributed by atoms with Crippen molar-refractivity contribution in [2.24, 2.45) is 0 Å². The average molecular weight is 238 g/mol. The Labute approximate surface area is 106 Å². The van der Waals surface area contributed by atoms with E-state index in [9.17, 15) is 4.79 Å². The van der Waals surface area contributed by atoms with Crippen molar-refractivity contribution in [3.05, 3.63) is 24.8 Å². The molecule has 3 heteroatoms. The first-order valence-electron chi connectivity index (χ1n) is 6.36. The van der Waals surface area contributed by atoms with Crippen LogP contribution in [0.3, 0.4) is 0 Å². The van der Waals surface area contributed by atoms with Gasteiger partial charge in [0.05, 0.1) is 6.04 Å². The van der Waals surface area contributed by atoms with Gasteiger partial charge in [0.15, 0.2) is 0 Å². The van der Waals surface area contributed by atoms with Gasteiger partial charge in [0.2, 0.25) is 0 Å². The summed E-state index contributed by atoms with van der Waals surface area (Å²) in [4.78, 5) is 11.1. The van der Waals surface area contributed by atoms with Crippen molar-refractivity contribution in [2.45, 2.75) is 45.7 Å². The van der Waals surface area contributed by atoms with Crippen LogP contribution in [0.15, 0.2) is 24.8 Å². The van der Waals surface area contributed by atoms with Crippen LogP contribution < -0.4 is 0 Å². The Hall–Kier alpha value is -0.930.